The Hall–Kier alpha value is -3.88. The molecular formula is C26H28N2O6. The van der Waals surface area contributed by atoms with Crippen LogP contribution in [0.5, 0.6) is 11.5 Å². The molecule has 0 unspecified atom stereocenters. The number of phenols is 2. The molecule has 3 rings (SSSR count). The Balaban J connectivity index is 1.70. The van der Waals surface area contributed by atoms with Gasteiger partial charge in [-0.05, 0) is 37.1 Å². The number of hydrogen-bond acceptors (Lipinski definition) is 6. The number of benzene rings is 3. The van der Waals surface area contributed by atoms with Gasteiger partial charge in [0.15, 0.2) is 0 Å². The third-order valence-electron chi connectivity index (χ3n) is 5.55. The number of carbonyl (C=O) groups excluding carboxylic acids is 2. The largest absolute Gasteiger partial charge is 0.507 e. The Morgan fingerprint density at radius 3 is 1.29 bits per heavy atom. The van der Waals surface area contributed by atoms with Gasteiger partial charge >= 0.3 is 0 Å². The predicted molar refractivity (Wildman–Crippen MR) is 126 cm³/mol. The highest BCUT2D eigenvalue weighted by Crippen LogP contribution is 2.28. The minimum absolute atomic E-state index is 0.251. The van der Waals surface area contributed by atoms with Crippen LogP contribution in [0, 0.1) is 0 Å². The van der Waals surface area contributed by atoms with Gasteiger partial charge in [-0.15, -0.1) is 0 Å². The summed E-state index contributed by atoms with van der Waals surface area (Å²) in [4.78, 5) is 25.3. The van der Waals surface area contributed by atoms with E-state index in [1.54, 1.807) is 74.5 Å². The van der Waals surface area contributed by atoms with E-state index in [-0.39, 0.29) is 11.1 Å². The molecule has 8 heteroatoms. The van der Waals surface area contributed by atoms with E-state index in [1.807, 2.05) is 0 Å². The molecule has 0 radical (unpaired) electrons. The highest BCUT2D eigenvalue weighted by atomic mass is 16.3. The Morgan fingerprint density at radius 1 is 0.647 bits per heavy atom. The van der Waals surface area contributed by atoms with E-state index in [1.165, 1.54) is 0 Å². The highest BCUT2D eigenvalue weighted by molar-refractivity contribution is 6.02. The van der Waals surface area contributed by atoms with Crippen molar-refractivity contribution in [3.8, 4) is 11.5 Å². The third kappa shape index (κ3) is 5.72. The lowest BCUT2D eigenvalue weighted by molar-refractivity contribution is 0.0838. The summed E-state index contributed by atoms with van der Waals surface area (Å²) in [5, 5.41) is 46.8. The summed E-state index contributed by atoms with van der Waals surface area (Å²) in [7, 11) is 0. The summed E-state index contributed by atoms with van der Waals surface area (Å²) in [5.74, 6) is -2.48. The number of hydrogen-bond donors (Lipinski definition) is 6. The number of aromatic hydroxyl groups is 2. The fraction of sp³-hybridized carbons (Fsp3) is 0.231. The Labute approximate surface area is 197 Å². The van der Waals surface area contributed by atoms with Crippen LogP contribution in [0.2, 0.25) is 0 Å². The standard InChI is InChI=1S/C26H28N2O6/c1-15(23(31)17-9-5-3-6-10-17)27-25(33)19-13-22(30)20(14-21(19)29)26(34)28-16(2)24(32)18-11-7-4-8-12-18/h3-16,23-24,29-32H,1-2H3,(H,27,33)(H,28,34)/t15-,16-,23-,24-/m0/s1. The lowest BCUT2D eigenvalue weighted by Gasteiger charge is -2.22. The van der Waals surface area contributed by atoms with E-state index < -0.39 is 47.6 Å². The molecule has 0 aliphatic rings. The molecular weight excluding hydrogens is 436 g/mol. The van der Waals surface area contributed by atoms with Crippen molar-refractivity contribution in [2.24, 2.45) is 0 Å². The maximum atomic E-state index is 12.6. The first-order chi connectivity index (χ1) is 16.2. The average molecular weight is 465 g/mol. The van der Waals surface area contributed by atoms with Crippen molar-refractivity contribution in [2.45, 2.75) is 38.1 Å². The maximum absolute atomic E-state index is 12.6. The molecule has 0 saturated carbocycles. The van der Waals surface area contributed by atoms with Crippen molar-refractivity contribution < 1.29 is 30.0 Å². The van der Waals surface area contributed by atoms with Gasteiger partial charge in [0.1, 0.15) is 11.5 Å². The predicted octanol–water partition coefficient (Wildman–Crippen LogP) is 2.80. The smallest absolute Gasteiger partial charge is 0.255 e. The van der Waals surface area contributed by atoms with Crippen LogP contribution in [0.1, 0.15) is 57.9 Å². The molecule has 0 fully saturated rings. The topological polar surface area (TPSA) is 139 Å². The molecule has 3 aromatic carbocycles. The number of amides is 2. The zero-order valence-corrected chi connectivity index (χ0v) is 18.8. The maximum Gasteiger partial charge on any atom is 0.255 e. The van der Waals surface area contributed by atoms with Gasteiger partial charge in [0.05, 0.1) is 35.4 Å². The number of carbonyl (C=O) groups is 2. The second-order valence-electron chi connectivity index (χ2n) is 8.12. The Kier molecular flexibility index (Phi) is 7.88. The van der Waals surface area contributed by atoms with Crippen LogP contribution in [-0.4, -0.2) is 44.3 Å². The van der Waals surface area contributed by atoms with Crippen LogP contribution in [0.25, 0.3) is 0 Å². The van der Waals surface area contributed by atoms with Gasteiger partial charge in [-0.3, -0.25) is 9.59 Å². The van der Waals surface area contributed by atoms with Crippen LogP contribution in [0.15, 0.2) is 72.8 Å². The van der Waals surface area contributed by atoms with Crippen LogP contribution < -0.4 is 10.6 Å². The summed E-state index contributed by atoms with van der Waals surface area (Å²) in [5.41, 5.74) is 0.722. The van der Waals surface area contributed by atoms with E-state index in [4.69, 9.17) is 0 Å². The molecule has 0 spiro atoms. The van der Waals surface area contributed by atoms with E-state index >= 15 is 0 Å². The summed E-state index contributed by atoms with van der Waals surface area (Å²) < 4.78 is 0. The van der Waals surface area contributed by atoms with Gasteiger partial charge in [0.25, 0.3) is 11.8 Å². The zero-order valence-electron chi connectivity index (χ0n) is 18.8. The molecule has 0 bridgehead atoms. The van der Waals surface area contributed by atoms with Crippen LogP contribution in [-0.2, 0) is 0 Å². The number of rotatable bonds is 8. The molecule has 178 valence electrons. The van der Waals surface area contributed by atoms with E-state index in [9.17, 15) is 30.0 Å². The van der Waals surface area contributed by atoms with Crippen molar-refractivity contribution in [3.05, 3.63) is 95.1 Å². The van der Waals surface area contributed by atoms with Crippen molar-refractivity contribution in [3.63, 3.8) is 0 Å². The monoisotopic (exact) mass is 464 g/mol. The van der Waals surface area contributed by atoms with Crippen molar-refractivity contribution in [1.82, 2.24) is 10.6 Å². The molecule has 34 heavy (non-hydrogen) atoms. The second-order valence-corrected chi connectivity index (χ2v) is 8.12. The lowest BCUT2D eigenvalue weighted by atomic mass is 10.0. The van der Waals surface area contributed by atoms with Gasteiger partial charge in [-0.1, -0.05) is 60.7 Å². The molecule has 6 N–H and O–H groups in total. The third-order valence-corrected chi connectivity index (χ3v) is 5.55. The van der Waals surface area contributed by atoms with E-state index in [2.05, 4.69) is 10.6 Å². The van der Waals surface area contributed by atoms with Gasteiger partial charge in [0.2, 0.25) is 0 Å². The van der Waals surface area contributed by atoms with Crippen LogP contribution in [0.3, 0.4) is 0 Å². The van der Waals surface area contributed by atoms with Gasteiger partial charge in [-0.2, -0.15) is 0 Å². The molecule has 0 heterocycles. The molecule has 8 nitrogen and oxygen atoms in total. The van der Waals surface area contributed by atoms with Gasteiger partial charge in [-0.25, -0.2) is 0 Å². The van der Waals surface area contributed by atoms with E-state index in [0.717, 1.165) is 12.1 Å². The minimum Gasteiger partial charge on any atom is -0.507 e. The molecule has 3 aromatic rings. The summed E-state index contributed by atoms with van der Waals surface area (Å²) in [6.07, 6.45) is -1.97. The van der Waals surface area contributed by atoms with E-state index in [0.29, 0.717) is 11.1 Å². The van der Waals surface area contributed by atoms with Crippen LogP contribution >= 0.6 is 0 Å². The number of phenolic OH excluding ortho intramolecular Hbond substituents is 2. The summed E-state index contributed by atoms with van der Waals surface area (Å²) in [6.45, 7) is 3.21. The number of nitrogens with one attached hydrogen (secondary N) is 2. The van der Waals surface area contributed by atoms with Crippen molar-refractivity contribution >= 4 is 11.8 Å². The molecule has 0 saturated heterocycles. The SMILES string of the molecule is C[C@H](NC(=O)c1cc(O)c(C(=O)N[C@@H](C)[C@H](O)c2ccccc2)cc1O)[C@H](O)c1ccccc1. The first kappa shape index (κ1) is 24.8. The summed E-state index contributed by atoms with van der Waals surface area (Å²) in [6, 6.07) is 18.1. The Bertz CT molecular complexity index is 1050. The fourth-order valence-electron chi connectivity index (χ4n) is 3.55. The number of aliphatic hydroxyl groups excluding tert-OH is 2. The van der Waals surface area contributed by atoms with Crippen LogP contribution in [0.4, 0.5) is 0 Å². The zero-order chi connectivity index (χ0) is 24.8. The number of aliphatic hydroxyl groups is 2. The second kappa shape index (κ2) is 10.8. The Morgan fingerprint density at radius 2 is 0.971 bits per heavy atom. The normalized spacial score (nSPS) is 14.5. The molecule has 0 aromatic heterocycles. The minimum atomic E-state index is -0.983. The first-order valence-corrected chi connectivity index (χ1v) is 10.8. The molecule has 0 aliphatic heterocycles. The van der Waals surface area contributed by atoms with Gasteiger partial charge in [0, 0.05) is 0 Å². The van der Waals surface area contributed by atoms with Crippen molar-refractivity contribution in [1.29, 1.82) is 0 Å². The first-order valence-electron chi connectivity index (χ1n) is 10.8. The highest BCUT2D eigenvalue weighted by Gasteiger charge is 2.25. The fourth-order valence-corrected chi connectivity index (χ4v) is 3.55. The molecule has 0 aliphatic carbocycles. The molecule has 2 amide bonds. The lowest BCUT2D eigenvalue weighted by Crippen LogP contribution is -2.38. The quantitative estimate of drug-likeness (QED) is 0.284. The van der Waals surface area contributed by atoms with Gasteiger partial charge < -0.3 is 31.1 Å². The average Bonchev–Trinajstić information content (AvgIpc) is 2.84. The molecule has 4 atom stereocenters. The van der Waals surface area contributed by atoms with Crippen molar-refractivity contribution in [2.75, 3.05) is 0 Å². The summed E-state index contributed by atoms with van der Waals surface area (Å²) >= 11 is 0.